The second-order valence-corrected chi connectivity index (χ2v) is 11.3. The van der Waals surface area contributed by atoms with Crippen LogP contribution in [-0.2, 0) is 28.6 Å². The number of hydrogen-bond donors (Lipinski definition) is 1. The first kappa shape index (κ1) is 27.6. The summed E-state index contributed by atoms with van der Waals surface area (Å²) in [7, 11) is -7.27. The summed E-state index contributed by atoms with van der Waals surface area (Å²) in [4.78, 5) is 5.92. The molecule has 0 saturated heterocycles. The summed E-state index contributed by atoms with van der Waals surface area (Å²) in [5.41, 5.74) is 1.54. The highest BCUT2D eigenvalue weighted by Crippen LogP contribution is 2.35. The van der Waals surface area contributed by atoms with E-state index in [4.69, 9.17) is 43.2 Å². The zero-order valence-corrected chi connectivity index (χ0v) is 21.4. The van der Waals surface area contributed by atoms with Gasteiger partial charge in [0.2, 0.25) is 0 Å². The van der Waals surface area contributed by atoms with Gasteiger partial charge in [0.15, 0.2) is 5.75 Å². The van der Waals surface area contributed by atoms with Gasteiger partial charge in [0.1, 0.15) is 0 Å². The molecule has 0 atom stereocenters. The highest BCUT2D eigenvalue weighted by Gasteiger charge is 2.13. The third-order valence-electron chi connectivity index (χ3n) is 4.02. The average molecular weight is 560 g/mol. The van der Waals surface area contributed by atoms with Gasteiger partial charge in [-0.15, -0.1) is 0 Å². The Labute approximate surface area is 207 Å². The summed E-state index contributed by atoms with van der Waals surface area (Å²) >= 11 is 18.2. The van der Waals surface area contributed by atoms with Crippen molar-refractivity contribution < 1.29 is 30.3 Å². The normalized spacial score (nSPS) is 12.4. The molecule has 0 unspecified atom stereocenters. The van der Waals surface area contributed by atoms with Crippen molar-refractivity contribution in [1.82, 2.24) is 0 Å². The minimum Gasteiger partial charge on any atom is -0.505 e. The summed E-state index contributed by atoms with van der Waals surface area (Å²) in [5, 5.41) is 10.1. The van der Waals surface area contributed by atoms with Gasteiger partial charge in [0, 0.05) is 30.6 Å². The third-order valence-corrected chi connectivity index (χ3v) is 6.11. The quantitative estimate of drug-likeness (QED) is 0.325. The zero-order valence-electron chi connectivity index (χ0n) is 17.5. The van der Waals surface area contributed by atoms with Crippen molar-refractivity contribution in [3.05, 3.63) is 51.0 Å². The number of rotatable bonds is 11. The van der Waals surface area contributed by atoms with Crippen LogP contribution < -0.4 is 4.90 Å². The number of halogens is 3. The molecule has 0 radical (unpaired) electrons. The van der Waals surface area contributed by atoms with E-state index in [2.05, 4.69) is 4.99 Å². The Morgan fingerprint density at radius 1 is 0.909 bits per heavy atom. The lowest BCUT2D eigenvalue weighted by Crippen LogP contribution is -2.32. The molecule has 0 heterocycles. The first-order chi connectivity index (χ1) is 15.2. The molecular formula is C19H21Cl3N2O7S2. The molecule has 2 rings (SSSR count). The van der Waals surface area contributed by atoms with Crippen LogP contribution in [0.3, 0.4) is 0 Å². The minimum absolute atomic E-state index is 0.0550. The number of benzene rings is 2. The van der Waals surface area contributed by atoms with Gasteiger partial charge < -0.3 is 10.0 Å². The third kappa shape index (κ3) is 9.65. The van der Waals surface area contributed by atoms with Crippen LogP contribution in [0.5, 0.6) is 5.75 Å². The molecule has 0 aliphatic carbocycles. The van der Waals surface area contributed by atoms with Crippen molar-refractivity contribution in [2.45, 2.75) is 0 Å². The van der Waals surface area contributed by atoms with E-state index in [9.17, 15) is 21.9 Å². The first-order valence-corrected chi connectivity index (χ1v) is 14.0. The van der Waals surface area contributed by atoms with Crippen LogP contribution in [0.25, 0.3) is 0 Å². The minimum atomic E-state index is -3.63. The van der Waals surface area contributed by atoms with Crippen LogP contribution in [0.15, 0.2) is 35.3 Å². The van der Waals surface area contributed by atoms with Crippen molar-refractivity contribution in [2.24, 2.45) is 4.99 Å². The highest BCUT2D eigenvalue weighted by atomic mass is 35.5. The largest absolute Gasteiger partial charge is 0.505 e. The Kier molecular flexibility index (Phi) is 9.80. The fourth-order valence-electron chi connectivity index (χ4n) is 2.56. The summed E-state index contributed by atoms with van der Waals surface area (Å²) in [6, 6.07) is 7.86. The molecule has 9 nitrogen and oxygen atoms in total. The van der Waals surface area contributed by atoms with E-state index in [-0.39, 0.29) is 42.1 Å². The number of phenolic OH excluding ortho intramolecular Hbond substituents is 1. The molecule has 0 fully saturated rings. The molecule has 0 saturated carbocycles. The van der Waals surface area contributed by atoms with Crippen molar-refractivity contribution in [3.8, 4) is 5.75 Å². The van der Waals surface area contributed by atoms with Crippen LogP contribution in [0.2, 0.25) is 15.1 Å². The average Bonchev–Trinajstić information content (AvgIpc) is 2.68. The maximum absolute atomic E-state index is 11.2. The summed E-state index contributed by atoms with van der Waals surface area (Å²) in [6.45, 7) is -0.0370. The van der Waals surface area contributed by atoms with Crippen molar-refractivity contribution >= 4 is 72.6 Å². The van der Waals surface area contributed by atoms with E-state index in [0.717, 1.165) is 12.5 Å². The van der Waals surface area contributed by atoms with Gasteiger partial charge in [-0.05, 0) is 30.3 Å². The van der Waals surface area contributed by atoms with Crippen LogP contribution in [-0.4, -0.2) is 67.0 Å². The smallest absolute Gasteiger partial charge is 0.264 e. The fourth-order valence-corrected chi connectivity index (χ4v) is 4.01. The van der Waals surface area contributed by atoms with Gasteiger partial charge in [0.05, 0.1) is 46.5 Å². The van der Waals surface area contributed by atoms with Crippen molar-refractivity contribution in [1.29, 1.82) is 0 Å². The summed E-state index contributed by atoms with van der Waals surface area (Å²) < 4.78 is 54.5. The lowest BCUT2D eigenvalue weighted by molar-refractivity contribution is 0.309. The Hall–Kier alpha value is -1.60. The number of anilines is 1. The predicted molar refractivity (Wildman–Crippen MR) is 131 cm³/mol. The lowest BCUT2D eigenvalue weighted by atomic mass is 10.2. The molecule has 2 aromatic carbocycles. The molecule has 1 N–H and O–H groups in total. The standard InChI is InChI=1S/C19H21Cl3N2O7S2/c1-32(26,27)30-7-5-24(6-8-31-33(2,28)29)15-4-3-13(16(20)11-15)12-23-14-9-17(21)19(25)18(22)10-14/h3-4,9-12,25H,5-8H2,1-2H3. The molecular weight excluding hydrogens is 539 g/mol. The number of nitrogens with zero attached hydrogens (tertiary/aromatic N) is 2. The first-order valence-electron chi connectivity index (χ1n) is 9.20. The molecule has 0 aliphatic rings. The van der Waals surface area contributed by atoms with Crippen molar-refractivity contribution in [3.63, 3.8) is 0 Å². The summed E-state index contributed by atoms with van der Waals surface area (Å²) in [5.74, 6) is -0.237. The molecule has 0 aromatic heterocycles. The Bertz CT molecular complexity index is 1170. The SMILES string of the molecule is CS(=O)(=O)OCCN(CCOS(C)(=O)=O)c1ccc(C=Nc2cc(Cl)c(O)c(Cl)c2)c(Cl)c1. The van der Waals surface area contributed by atoms with Crippen molar-refractivity contribution in [2.75, 3.05) is 43.7 Å². The maximum atomic E-state index is 11.2. The van der Waals surface area contributed by atoms with E-state index in [1.807, 2.05) is 0 Å². The van der Waals surface area contributed by atoms with Gasteiger partial charge in [-0.3, -0.25) is 13.4 Å². The molecule has 182 valence electrons. The van der Waals surface area contributed by atoms with E-state index in [1.165, 1.54) is 18.3 Å². The number of aliphatic imine (C=N–C) groups is 1. The Balaban J connectivity index is 2.20. The van der Waals surface area contributed by atoms with Gasteiger partial charge >= 0.3 is 0 Å². The van der Waals surface area contributed by atoms with E-state index < -0.39 is 20.2 Å². The van der Waals surface area contributed by atoms with Crippen LogP contribution in [0, 0.1) is 0 Å². The molecule has 0 spiro atoms. The topological polar surface area (TPSA) is 123 Å². The molecule has 0 amide bonds. The van der Waals surface area contributed by atoms with Gasteiger partial charge in [0.25, 0.3) is 20.2 Å². The number of aromatic hydroxyl groups is 1. The van der Waals surface area contributed by atoms with Crippen LogP contribution in [0.1, 0.15) is 5.56 Å². The second kappa shape index (κ2) is 11.7. The molecule has 0 bridgehead atoms. The fraction of sp³-hybridized carbons (Fsp3) is 0.316. The van der Waals surface area contributed by atoms with Crippen LogP contribution >= 0.6 is 34.8 Å². The van der Waals surface area contributed by atoms with E-state index in [1.54, 1.807) is 23.1 Å². The molecule has 2 aromatic rings. The highest BCUT2D eigenvalue weighted by molar-refractivity contribution is 7.86. The molecule has 33 heavy (non-hydrogen) atoms. The van der Waals surface area contributed by atoms with Gasteiger partial charge in [-0.1, -0.05) is 34.8 Å². The van der Waals surface area contributed by atoms with Gasteiger partial charge in [-0.25, -0.2) is 0 Å². The predicted octanol–water partition coefficient (Wildman–Crippen LogP) is 3.86. The number of phenols is 1. The Morgan fingerprint density at radius 3 is 1.88 bits per heavy atom. The lowest BCUT2D eigenvalue weighted by Gasteiger charge is -2.24. The van der Waals surface area contributed by atoms with E-state index >= 15 is 0 Å². The Morgan fingerprint density at radius 2 is 1.42 bits per heavy atom. The maximum Gasteiger partial charge on any atom is 0.264 e. The number of hydrogen-bond acceptors (Lipinski definition) is 9. The molecule has 0 aliphatic heterocycles. The zero-order chi connectivity index (χ0) is 24.8. The molecule has 14 heteroatoms. The van der Waals surface area contributed by atoms with E-state index in [0.29, 0.717) is 22.0 Å². The second-order valence-electron chi connectivity index (χ2n) is 6.76. The van der Waals surface area contributed by atoms with Crippen LogP contribution in [0.4, 0.5) is 11.4 Å². The monoisotopic (exact) mass is 558 g/mol. The van der Waals surface area contributed by atoms with Gasteiger partial charge in [-0.2, -0.15) is 16.8 Å². The summed E-state index contributed by atoms with van der Waals surface area (Å²) in [6.07, 6.45) is 3.35.